The molecular weight excluding hydrogens is 547 g/mol. The van der Waals surface area contributed by atoms with Crippen LogP contribution < -0.4 is 10.6 Å². The highest BCUT2D eigenvalue weighted by Gasteiger charge is 2.24. The van der Waals surface area contributed by atoms with Crippen molar-refractivity contribution in [3.05, 3.63) is 57.6 Å². The summed E-state index contributed by atoms with van der Waals surface area (Å²) >= 11 is 7.85. The third-order valence-corrected chi connectivity index (χ3v) is 6.31. The fourth-order valence-corrected chi connectivity index (χ4v) is 4.64. The van der Waals surface area contributed by atoms with Crippen LogP contribution in [0.1, 0.15) is 29.7 Å². The smallest absolute Gasteiger partial charge is 0.246 e. The molecule has 4 rings (SSSR count). The summed E-state index contributed by atoms with van der Waals surface area (Å²) in [6, 6.07) is 12.1. The van der Waals surface area contributed by atoms with Gasteiger partial charge in [-0.05, 0) is 49.5 Å². The van der Waals surface area contributed by atoms with Crippen LogP contribution in [0.15, 0.2) is 51.3 Å². The first-order valence-electron chi connectivity index (χ1n) is 10.0. The highest BCUT2D eigenvalue weighted by Crippen LogP contribution is 2.27. The number of rotatable bonds is 7. The molecule has 1 fully saturated rings. The summed E-state index contributed by atoms with van der Waals surface area (Å²) in [4.78, 5) is 12.7. The average Bonchev–Trinajstić information content (AvgIpc) is 3.54. The van der Waals surface area contributed by atoms with E-state index in [1.165, 1.54) is 17.7 Å². The largest absolute Gasteiger partial charge is 0.354 e. The van der Waals surface area contributed by atoms with Crippen LogP contribution in [0, 0.1) is 0 Å². The SMILES string of the molecule is CN=C(NCc1nc(-c2cccc(Cl)c2)no1)NCC(c1cccs1)N1CCCC1.I. The van der Waals surface area contributed by atoms with Gasteiger partial charge >= 0.3 is 0 Å². The van der Waals surface area contributed by atoms with Gasteiger partial charge in [0, 0.05) is 29.1 Å². The van der Waals surface area contributed by atoms with E-state index in [-0.39, 0.29) is 24.0 Å². The number of aliphatic imine (C=N–C) groups is 1. The van der Waals surface area contributed by atoms with E-state index >= 15 is 0 Å². The van der Waals surface area contributed by atoms with Crippen molar-refractivity contribution in [1.29, 1.82) is 0 Å². The highest BCUT2D eigenvalue weighted by atomic mass is 127. The maximum absolute atomic E-state index is 6.04. The Bertz CT molecular complexity index is 974. The minimum Gasteiger partial charge on any atom is -0.354 e. The topological polar surface area (TPSA) is 78.6 Å². The van der Waals surface area contributed by atoms with Crippen molar-refractivity contribution in [2.24, 2.45) is 4.99 Å². The van der Waals surface area contributed by atoms with Gasteiger partial charge in [-0.1, -0.05) is 35.0 Å². The van der Waals surface area contributed by atoms with Crippen molar-refractivity contribution in [3.8, 4) is 11.4 Å². The molecule has 0 aliphatic carbocycles. The number of aromatic nitrogens is 2. The summed E-state index contributed by atoms with van der Waals surface area (Å²) in [7, 11) is 1.76. The average molecular weight is 573 g/mol. The lowest BCUT2D eigenvalue weighted by molar-refractivity contribution is 0.249. The molecule has 0 radical (unpaired) electrons. The minimum absolute atomic E-state index is 0. The van der Waals surface area contributed by atoms with E-state index in [1.54, 1.807) is 18.4 Å². The van der Waals surface area contributed by atoms with Gasteiger partial charge in [0.15, 0.2) is 5.96 Å². The Labute approximate surface area is 208 Å². The molecule has 31 heavy (non-hydrogen) atoms. The Balaban J connectivity index is 0.00000272. The van der Waals surface area contributed by atoms with Crippen molar-refractivity contribution in [2.45, 2.75) is 25.4 Å². The molecule has 0 saturated carbocycles. The zero-order valence-corrected chi connectivity index (χ0v) is 21.2. The van der Waals surface area contributed by atoms with E-state index in [0.29, 0.717) is 35.3 Å². The molecule has 1 aliphatic heterocycles. The first-order chi connectivity index (χ1) is 14.7. The molecule has 0 amide bonds. The molecule has 0 bridgehead atoms. The summed E-state index contributed by atoms with van der Waals surface area (Å²) in [6.07, 6.45) is 2.53. The molecule has 2 N–H and O–H groups in total. The van der Waals surface area contributed by atoms with Crippen LogP contribution in [-0.2, 0) is 6.54 Å². The first kappa shape index (κ1) is 24.0. The zero-order valence-electron chi connectivity index (χ0n) is 17.3. The number of likely N-dealkylation sites (tertiary alicyclic amines) is 1. The second-order valence-electron chi connectivity index (χ2n) is 7.10. The zero-order chi connectivity index (χ0) is 20.8. The fraction of sp³-hybridized carbons (Fsp3) is 0.381. The predicted octanol–water partition coefficient (Wildman–Crippen LogP) is 4.57. The second-order valence-corrected chi connectivity index (χ2v) is 8.52. The Kier molecular flexibility index (Phi) is 9.12. The summed E-state index contributed by atoms with van der Waals surface area (Å²) in [5, 5.41) is 13.5. The number of hydrogen-bond acceptors (Lipinski definition) is 6. The van der Waals surface area contributed by atoms with Gasteiger partial charge in [0.25, 0.3) is 0 Å². The lowest BCUT2D eigenvalue weighted by Gasteiger charge is -2.27. The summed E-state index contributed by atoms with van der Waals surface area (Å²) < 4.78 is 5.36. The fourth-order valence-electron chi connectivity index (χ4n) is 3.59. The van der Waals surface area contributed by atoms with Crippen LogP contribution in [0.4, 0.5) is 0 Å². The van der Waals surface area contributed by atoms with Gasteiger partial charge in [0.05, 0.1) is 12.6 Å². The summed E-state index contributed by atoms with van der Waals surface area (Å²) in [6.45, 7) is 3.47. The Hall–Kier alpha value is -1.69. The number of guanidine groups is 1. The van der Waals surface area contributed by atoms with E-state index in [1.807, 2.05) is 24.3 Å². The molecule has 7 nitrogen and oxygen atoms in total. The van der Waals surface area contributed by atoms with Crippen LogP contribution >= 0.6 is 46.9 Å². The number of halogens is 2. The van der Waals surface area contributed by atoms with E-state index in [2.05, 4.69) is 48.2 Å². The summed E-state index contributed by atoms with van der Waals surface area (Å²) in [5.74, 6) is 1.71. The lowest BCUT2D eigenvalue weighted by Crippen LogP contribution is -2.42. The number of hydrogen-bond donors (Lipinski definition) is 2. The first-order valence-corrected chi connectivity index (χ1v) is 11.3. The van der Waals surface area contributed by atoms with Crippen LogP contribution in [0.3, 0.4) is 0 Å². The number of nitrogens with one attached hydrogen (secondary N) is 2. The third kappa shape index (κ3) is 6.41. The van der Waals surface area contributed by atoms with E-state index in [9.17, 15) is 0 Å². The van der Waals surface area contributed by atoms with Crippen molar-refractivity contribution in [2.75, 3.05) is 26.7 Å². The van der Waals surface area contributed by atoms with Gasteiger partial charge in [-0.3, -0.25) is 9.89 Å². The van der Waals surface area contributed by atoms with Gasteiger partial charge in [-0.25, -0.2) is 0 Å². The predicted molar refractivity (Wildman–Crippen MR) is 136 cm³/mol. The maximum Gasteiger partial charge on any atom is 0.246 e. The Morgan fingerprint density at radius 3 is 2.81 bits per heavy atom. The van der Waals surface area contributed by atoms with Crippen LogP contribution in [0.5, 0.6) is 0 Å². The van der Waals surface area contributed by atoms with Gasteiger partial charge in [0.1, 0.15) is 0 Å². The Morgan fingerprint density at radius 1 is 1.26 bits per heavy atom. The number of thiophene rings is 1. The summed E-state index contributed by atoms with van der Waals surface area (Å²) in [5.41, 5.74) is 0.824. The molecule has 1 unspecified atom stereocenters. The van der Waals surface area contributed by atoms with Gasteiger partial charge in [0.2, 0.25) is 11.7 Å². The van der Waals surface area contributed by atoms with Gasteiger partial charge in [-0.15, -0.1) is 35.3 Å². The standard InChI is InChI=1S/C21H25ClN6OS.HI/c1-23-21(24-13-17(18-8-5-11-30-18)28-9-2-3-10-28)25-14-19-26-20(27-29-19)15-6-4-7-16(22)12-15;/h4-8,11-12,17H,2-3,9-10,13-14H2,1H3,(H2,23,24,25);1H. The molecule has 166 valence electrons. The normalized spacial score (nSPS) is 15.5. The molecule has 10 heteroatoms. The molecule has 0 spiro atoms. The van der Waals surface area contributed by atoms with Gasteiger partial charge < -0.3 is 15.2 Å². The van der Waals surface area contributed by atoms with Crippen molar-refractivity contribution >= 4 is 52.9 Å². The molecule has 3 heterocycles. The maximum atomic E-state index is 6.04. The van der Waals surface area contributed by atoms with Crippen LogP contribution in [0.25, 0.3) is 11.4 Å². The third-order valence-electron chi connectivity index (χ3n) is 5.10. The molecular formula is C21H26ClIN6OS. The molecule has 1 aliphatic rings. The monoisotopic (exact) mass is 572 g/mol. The van der Waals surface area contributed by atoms with E-state index < -0.39 is 0 Å². The van der Waals surface area contributed by atoms with E-state index in [0.717, 1.165) is 25.2 Å². The molecule has 1 saturated heterocycles. The van der Waals surface area contributed by atoms with Crippen LogP contribution in [0.2, 0.25) is 5.02 Å². The molecule has 1 aromatic carbocycles. The Morgan fingerprint density at radius 2 is 2.10 bits per heavy atom. The number of nitrogens with zero attached hydrogens (tertiary/aromatic N) is 4. The molecule has 3 aromatic rings. The highest BCUT2D eigenvalue weighted by molar-refractivity contribution is 14.0. The van der Waals surface area contributed by atoms with Crippen LogP contribution in [-0.4, -0.2) is 47.7 Å². The lowest BCUT2D eigenvalue weighted by atomic mass is 10.2. The molecule has 2 aromatic heterocycles. The minimum atomic E-state index is 0. The van der Waals surface area contributed by atoms with Crippen molar-refractivity contribution in [3.63, 3.8) is 0 Å². The number of benzene rings is 1. The van der Waals surface area contributed by atoms with Gasteiger partial charge in [-0.2, -0.15) is 4.98 Å². The van der Waals surface area contributed by atoms with Crippen molar-refractivity contribution < 1.29 is 4.52 Å². The molecule has 1 atom stereocenters. The second kappa shape index (κ2) is 11.8. The quantitative estimate of drug-likeness (QED) is 0.245. The van der Waals surface area contributed by atoms with E-state index in [4.69, 9.17) is 16.1 Å². The van der Waals surface area contributed by atoms with Crippen molar-refractivity contribution in [1.82, 2.24) is 25.7 Å².